The van der Waals surface area contributed by atoms with Gasteiger partial charge in [-0.05, 0) is 64.3 Å². The van der Waals surface area contributed by atoms with Crippen molar-refractivity contribution in [2.24, 2.45) is 0 Å². The number of anilines is 2. The quantitative estimate of drug-likeness (QED) is 0.243. The number of para-hydroxylation sites is 1. The SMILES string of the molecule is CCN(CC)CCNc1c2c(c(NCCN(CC)CC)c3c(=O)c4ccccc4oc13)C=CC(C)(C)O2. The molecule has 200 valence electrons. The number of rotatable bonds is 12. The van der Waals surface area contributed by atoms with Crippen LogP contribution in [0.4, 0.5) is 11.4 Å². The number of hydrogen-bond acceptors (Lipinski definition) is 7. The number of hydrogen-bond donors (Lipinski definition) is 2. The second-order valence-electron chi connectivity index (χ2n) is 10.1. The van der Waals surface area contributed by atoms with Crippen LogP contribution < -0.4 is 20.8 Å². The molecule has 3 aromatic rings. The van der Waals surface area contributed by atoms with E-state index in [1.807, 2.05) is 38.1 Å². The predicted octanol–water partition coefficient (Wildman–Crippen LogP) is 5.64. The average Bonchev–Trinajstić information content (AvgIpc) is 2.89. The Hall–Kier alpha value is -3.03. The van der Waals surface area contributed by atoms with Crippen molar-refractivity contribution in [1.82, 2.24) is 9.80 Å². The second kappa shape index (κ2) is 11.6. The van der Waals surface area contributed by atoms with Crippen LogP contribution in [0.3, 0.4) is 0 Å². The molecule has 1 aliphatic rings. The van der Waals surface area contributed by atoms with Gasteiger partial charge in [0.15, 0.2) is 11.3 Å². The number of ether oxygens (including phenoxy) is 1. The van der Waals surface area contributed by atoms with Crippen LogP contribution in [0.25, 0.3) is 28.0 Å². The summed E-state index contributed by atoms with van der Waals surface area (Å²) in [4.78, 5) is 18.7. The highest BCUT2D eigenvalue weighted by Crippen LogP contribution is 2.47. The van der Waals surface area contributed by atoms with Gasteiger partial charge in [0.05, 0.1) is 16.5 Å². The van der Waals surface area contributed by atoms with Crippen LogP contribution in [0.1, 0.15) is 47.1 Å². The molecule has 4 rings (SSSR count). The molecule has 0 amide bonds. The minimum Gasteiger partial charge on any atom is -0.481 e. The third-order valence-electron chi connectivity index (χ3n) is 7.28. The summed E-state index contributed by atoms with van der Waals surface area (Å²) in [5, 5.41) is 8.34. The van der Waals surface area contributed by atoms with Crippen LogP contribution in [-0.2, 0) is 0 Å². The number of benzene rings is 2. The second-order valence-corrected chi connectivity index (χ2v) is 10.1. The molecule has 1 aliphatic heterocycles. The summed E-state index contributed by atoms with van der Waals surface area (Å²) in [5.74, 6) is 0.725. The van der Waals surface area contributed by atoms with E-state index in [1.54, 1.807) is 0 Å². The molecule has 0 spiro atoms. The van der Waals surface area contributed by atoms with Gasteiger partial charge in [0.2, 0.25) is 5.43 Å². The zero-order valence-electron chi connectivity index (χ0n) is 23.2. The van der Waals surface area contributed by atoms with Gasteiger partial charge < -0.3 is 29.6 Å². The van der Waals surface area contributed by atoms with Crippen molar-refractivity contribution in [2.75, 3.05) is 63.0 Å². The van der Waals surface area contributed by atoms with E-state index < -0.39 is 5.60 Å². The molecule has 0 bridgehead atoms. The van der Waals surface area contributed by atoms with Gasteiger partial charge in [-0.3, -0.25) is 4.79 Å². The molecule has 0 fully saturated rings. The molecule has 1 aromatic heterocycles. The minimum absolute atomic E-state index is 0.0324. The first kappa shape index (κ1) is 27.0. The van der Waals surface area contributed by atoms with E-state index in [9.17, 15) is 4.79 Å². The predicted molar refractivity (Wildman–Crippen MR) is 156 cm³/mol. The fourth-order valence-corrected chi connectivity index (χ4v) is 4.98. The van der Waals surface area contributed by atoms with Crippen LogP contribution in [-0.4, -0.2) is 67.8 Å². The summed E-state index contributed by atoms with van der Waals surface area (Å²) in [6, 6.07) is 7.47. The van der Waals surface area contributed by atoms with Gasteiger partial charge in [-0.2, -0.15) is 0 Å². The Labute approximate surface area is 220 Å². The number of nitrogens with zero attached hydrogens (tertiary/aromatic N) is 2. The van der Waals surface area contributed by atoms with Crippen molar-refractivity contribution < 1.29 is 9.15 Å². The zero-order chi connectivity index (χ0) is 26.6. The molecule has 0 unspecified atom stereocenters. The first-order valence-electron chi connectivity index (χ1n) is 13.7. The molecule has 2 aromatic carbocycles. The lowest BCUT2D eigenvalue weighted by Crippen LogP contribution is -2.31. The lowest BCUT2D eigenvalue weighted by Gasteiger charge is -2.32. The maximum atomic E-state index is 13.9. The van der Waals surface area contributed by atoms with Crippen molar-refractivity contribution in [3.8, 4) is 5.75 Å². The molecular weight excluding hydrogens is 464 g/mol. The van der Waals surface area contributed by atoms with Gasteiger partial charge in [0.1, 0.15) is 16.9 Å². The molecule has 7 nitrogen and oxygen atoms in total. The Morgan fingerprint density at radius 1 is 0.865 bits per heavy atom. The van der Waals surface area contributed by atoms with E-state index in [2.05, 4.69) is 60.3 Å². The molecule has 2 heterocycles. The fraction of sp³-hybridized carbons (Fsp3) is 0.500. The standard InChI is InChI=1S/C30H42N4O3/c1-7-33(8-2)19-17-31-25-22-15-16-30(5,6)37-28(22)26(32-18-20-34(9-3)10-4)29-24(25)27(35)21-13-11-12-14-23(21)36-29/h11-16,31-32H,7-10,17-20H2,1-6H3. The molecular formula is C30H42N4O3. The van der Waals surface area contributed by atoms with Gasteiger partial charge in [-0.25, -0.2) is 0 Å². The van der Waals surface area contributed by atoms with Crippen LogP contribution >= 0.6 is 0 Å². The number of nitrogens with one attached hydrogen (secondary N) is 2. The van der Waals surface area contributed by atoms with Crippen molar-refractivity contribution >= 4 is 39.4 Å². The lowest BCUT2D eigenvalue weighted by molar-refractivity contribution is 0.160. The van der Waals surface area contributed by atoms with Crippen LogP contribution in [0.2, 0.25) is 0 Å². The normalized spacial score (nSPS) is 14.4. The molecule has 37 heavy (non-hydrogen) atoms. The van der Waals surface area contributed by atoms with Crippen molar-refractivity contribution in [2.45, 2.75) is 47.1 Å². The lowest BCUT2D eigenvalue weighted by atomic mass is 9.96. The summed E-state index contributed by atoms with van der Waals surface area (Å²) in [6.07, 6.45) is 4.14. The van der Waals surface area contributed by atoms with Gasteiger partial charge in [-0.1, -0.05) is 39.8 Å². The largest absolute Gasteiger partial charge is 0.481 e. The molecule has 0 saturated heterocycles. The number of likely N-dealkylation sites (N-methyl/N-ethyl adjacent to an activating group) is 2. The highest BCUT2D eigenvalue weighted by atomic mass is 16.5. The maximum absolute atomic E-state index is 13.9. The third kappa shape index (κ3) is 5.63. The molecule has 0 aliphatic carbocycles. The van der Waals surface area contributed by atoms with E-state index in [-0.39, 0.29) is 5.43 Å². The van der Waals surface area contributed by atoms with Crippen LogP contribution in [0, 0.1) is 0 Å². The first-order valence-corrected chi connectivity index (χ1v) is 13.7. The highest BCUT2D eigenvalue weighted by Gasteiger charge is 2.31. The van der Waals surface area contributed by atoms with Gasteiger partial charge in [-0.15, -0.1) is 0 Å². The average molecular weight is 507 g/mol. The molecule has 0 saturated carbocycles. The summed E-state index contributed by atoms with van der Waals surface area (Å²) >= 11 is 0. The highest BCUT2D eigenvalue weighted by molar-refractivity contribution is 6.08. The van der Waals surface area contributed by atoms with Crippen LogP contribution in [0.5, 0.6) is 5.75 Å². The molecule has 2 N–H and O–H groups in total. The van der Waals surface area contributed by atoms with Gasteiger partial charge >= 0.3 is 0 Å². The Balaban J connectivity index is 1.91. The third-order valence-corrected chi connectivity index (χ3v) is 7.28. The zero-order valence-corrected chi connectivity index (χ0v) is 23.2. The van der Waals surface area contributed by atoms with Crippen molar-refractivity contribution in [3.63, 3.8) is 0 Å². The summed E-state index contributed by atoms with van der Waals surface area (Å²) in [7, 11) is 0. The summed E-state index contributed by atoms with van der Waals surface area (Å²) < 4.78 is 13.0. The van der Waals surface area contributed by atoms with E-state index in [4.69, 9.17) is 9.15 Å². The smallest absolute Gasteiger partial charge is 0.202 e. The first-order chi connectivity index (χ1) is 17.8. The van der Waals surface area contributed by atoms with Crippen LogP contribution in [0.15, 0.2) is 39.6 Å². The summed E-state index contributed by atoms with van der Waals surface area (Å²) in [5.41, 5.74) is 3.01. The topological polar surface area (TPSA) is 70.0 Å². The van der Waals surface area contributed by atoms with Gasteiger partial charge in [0.25, 0.3) is 0 Å². The molecule has 0 radical (unpaired) electrons. The molecule has 7 heteroatoms. The van der Waals surface area contributed by atoms with Crippen molar-refractivity contribution in [3.05, 3.63) is 46.1 Å². The Morgan fingerprint density at radius 3 is 2.08 bits per heavy atom. The monoisotopic (exact) mass is 506 g/mol. The molecule has 0 atom stereocenters. The Kier molecular flexibility index (Phi) is 8.45. The summed E-state index contributed by atoms with van der Waals surface area (Å²) in [6.45, 7) is 19.9. The van der Waals surface area contributed by atoms with E-state index in [0.717, 1.165) is 62.0 Å². The number of fused-ring (bicyclic) bond motifs is 3. The Morgan fingerprint density at radius 2 is 1.46 bits per heavy atom. The van der Waals surface area contributed by atoms with E-state index >= 15 is 0 Å². The van der Waals surface area contributed by atoms with Crippen molar-refractivity contribution in [1.29, 1.82) is 0 Å². The maximum Gasteiger partial charge on any atom is 0.202 e. The minimum atomic E-state index is -0.481. The fourth-order valence-electron chi connectivity index (χ4n) is 4.98. The Bertz CT molecular complexity index is 1320. The van der Waals surface area contributed by atoms with E-state index in [0.29, 0.717) is 35.0 Å². The van der Waals surface area contributed by atoms with E-state index in [1.165, 1.54) is 0 Å². The van der Waals surface area contributed by atoms with Gasteiger partial charge in [0, 0.05) is 31.7 Å².